The van der Waals surface area contributed by atoms with Gasteiger partial charge in [-0.25, -0.2) is 15.2 Å². The zero-order valence-corrected chi connectivity index (χ0v) is 12.4. The first kappa shape index (κ1) is 20.9. The summed E-state index contributed by atoms with van der Waals surface area (Å²) in [5, 5.41) is 2.21. The Kier molecular flexibility index (Phi) is 23.6. The normalized spacial score (nSPS) is 9.60. The van der Waals surface area contributed by atoms with E-state index in [4.69, 9.17) is 5.90 Å². The number of hydrazine groups is 1. The summed E-state index contributed by atoms with van der Waals surface area (Å²) in [6.07, 6.45) is 2.27. The summed E-state index contributed by atoms with van der Waals surface area (Å²) in [6, 6.07) is 0. The van der Waals surface area contributed by atoms with E-state index < -0.39 is 0 Å². The number of rotatable bonds is 7. The molecule has 0 radical (unpaired) electrons. The van der Waals surface area contributed by atoms with E-state index in [1.165, 1.54) is 0 Å². The minimum absolute atomic E-state index is 0. The SMILES string of the molecule is CC.CCCN(CCC)N(C)SON.S. The topological polar surface area (TPSA) is 41.7 Å². The number of nitrogens with two attached hydrogens (primary N) is 1. The Morgan fingerprint density at radius 3 is 1.80 bits per heavy atom. The van der Waals surface area contributed by atoms with Gasteiger partial charge in [0.1, 0.15) is 12.2 Å². The van der Waals surface area contributed by atoms with Crippen LogP contribution in [0.25, 0.3) is 0 Å². The van der Waals surface area contributed by atoms with Crippen molar-refractivity contribution in [1.82, 2.24) is 9.42 Å². The van der Waals surface area contributed by atoms with Crippen LogP contribution in [-0.2, 0) is 4.28 Å². The molecule has 0 rings (SSSR count). The van der Waals surface area contributed by atoms with E-state index in [1.54, 1.807) is 0 Å². The lowest BCUT2D eigenvalue weighted by atomic mass is 10.4. The molecule has 0 bridgehead atoms. The average Bonchev–Trinajstić information content (AvgIpc) is 2.21. The molecule has 4 nitrogen and oxygen atoms in total. The molecule has 0 spiro atoms. The Bertz CT molecular complexity index is 103. The van der Waals surface area contributed by atoms with Crippen LogP contribution < -0.4 is 5.90 Å². The van der Waals surface area contributed by atoms with Gasteiger partial charge in [-0.1, -0.05) is 27.7 Å². The van der Waals surface area contributed by atoms with E-state index >= 15 is 0 Å². The molecule has 2 N–H and O–H groups in total. The quantitative estimate of drug-likeness (QED) is 0.431. The van der Waals surface area contributed by atoms with E-state index in [2.05, 4.69) is 23.1 Å². The molecule has 0 saturated heterocycles. The van der Waals surface area contributed by atoms with Gasteiger partial charge in [0.2, 0.25) is 0 Å². The zero-order valence-electron chi connectivity index (χ0n) is 10.6. The van der Waals surface area contributed by atoms with Crippen LogP contribution in [0.1, 0.15) is 40.5 Å². The Labute approximate surface area is 106 Å². The van der Waals surface area contributed by atoms with Crippen LogP contribution in [0.2, 0.25) is 0 Å². The fourth-order valence-corrected chi connectivity index (χ4v) is 1.40. The summed E-state index contributed by atoms with van der Waals surface area (Å²) >= 11 is 1.16. The molecule has 0 saturated carbocycles. The van der Waals surface area contributed by atoms with Gasteiger partial charge < -0.3 is 0 Å². The van der Waals surface area contributed by atoms with Crippen LogP contribution in [0, 0.1) is 0 Å². The van der Waals surface area contributed by atoms with E-state index in [9.17, 15) is 0 Å². The molecule has 0 aromatic carbocycles. The molecule has 0 atom stereocenters. The molecule has 0 heterocycles. The first-order valence-corrected chi connectivity index (χ1v) is 5.98. The summed E-state index contributed by atoms with van der Waals surface area (Å²) in [5.41, 5.74) is 0. The third-order valence-electron chi connectivity index (χ3n) is 1.51. The highest BCUT2D eigenvalue weighted by Gasteiger charge is 2.09. The smallest absolute Gasteiger partial charge is 0.119 e. The first-order chi connectivity index (χ1) is 6.76. The van der Waals surface area contributed by atoms with Gasteiger partial charge in [0.15, 0.2) is 0 Å². The van der Waals surface area contributed by atoms with E-state index in [1.807, 2.05) is 25.3 Å². The Balaban J connectivity index is -0.000000449. The molecule has 0 aliphatic heterocycles. The third kappa shape index (κ3) is 12.5. The van der Waals surface area contributed by atoms with Crippen molar-refractivity contribution >= 4 is 25.7 Å². The van der Waals surface area contributed by atoms with Crippen molar-refractivity contribution in [3.63, 3.8) is 0 Å². The minimum Gasteiger partial charge on any atom is -0.230 e. The van der Waals surface area contributed by atoms with Crippen LogP contribution in [0.5, 0.6) is 0 Å². The molecule has 0 unspecified atom stereocenters. The van der Waals surface area contributed by atoms with Gasteiger partial charge in [-0.15, -0.1) is 0 Å². The van der Waals surface area contributed by atoms with Gasteiger partial charge in [0, 0.05) is 20.1 Å². The molecular weight excluding hydrogens is 230 g/mol. The fourth-order valence-electron chi connectivity index (χ4n) is 1.02. The molecule has 0 fully saturated rings. The lowest BCUT2D eigenvalue weighted by molar-refractivity contribution is 0.0861. The second kappa shape index (κ2) is 17.0. The summed E-state index contributed by atoms with van der Waals surface area (Å²) in [7, 11) is 1.95. The third-order valence-corrected chi connectivity index (χ3v) is 2.05. The molecule has 0 aromatic heterocycles. The van der Waals surface area contributed by atoms with Crippen molar-refractivity contribution in [2.75, 3.05) is 20.1 Å². The van der Waals surface area contributed by atoms with Crippen LogP contribution in [-0.4, -0.2) is 29.6 Å². The van der Waals surface area contributed by atoms with Crippen LogP contribution in [0.3, 0.4) is 0 Å². The van der Waals surface area contributed by atoms with Gasteiger partial charge in [0.25, 0.3) is 0 Å². The van der Waals surface area contributed by atoms with Gasteiger partial charge in [-0.2, -0.15) is 17.9 Å². The second-order valence-electron chi connectivity index (χ2n) is 2.59. The summed E-state index contributed by atoms with van der Waals surface area (Å²) in [6.45, 7) is 10.4. The largest absolute Gasteiger partial charge is 0.230 e. The fraction of sp³-hybridized carbons (Fsp3) is 1.00. The van der Waals surface area contributed by atoms with Crippen molar-refractivity contribution < 1.29 is 4.28 Å². The Morgan fingerprint density at radius 1 is 1.13 bits per heavy atom. The highest BCUT2D eigenvalue weighted by atomic mass is 32.2. The first-order valence-electron chi connectivity index (χ1n) is 5.28. The maximum atomic E-state index is 4.95. The minimum atomic E-state index is 0. The summed E-state index contributed by atoms with van der Waals surface area (Å²) in [4.78, 5) is 0. The molecule has 6 heteroatoms. The van der Waals surface area contributed by atoms with Crippen molar-refractivity contribution in [3.05, 3.63) is 0 Å². The standard InChI is InChI=1S/C7H19N3OS.C2H6.H2S/c1-4-6-10(7-5-2)9(3)12-11-8;1-2;/h4-8H2,1-3H3;1-2H3;1H2. The van der Waals surface area contributed by atoms with Gasteiger partial charge >= 0.3 is 0 Å². The molecule has 0 aliphatic rings. The van der Waals surface area contributed by atoms with Crippen LogP contribution in [0.15, 0.2) is 0 Å². The Morgan fingerprint density at radius 2 is 1.53 bits per heavy atom. The maximum absolute atomic E-state index is 4.95. The maximum Gasteiger partial charge on any atom is 0.119 e. The Hall–Kier alpha value is 0.540. The number of nitrogens with zero attached hydrogens (tertiary/aromatic N) is 2. The predicted octanol–water partition coefficient (Wildman–Crippen LogP) is 2.55. The zero-order chi connectivity index (χ0) is 11.4. The monoisotopic (exact) mass is 257 g/mol. The van der Waals surface area contributed by atoms with E-state index in [0.717, 1.165) is 38.2 Å². The highest BCUT2D eigenvalue weighted by molar-refractivity contribution is 7.92. The lowest BCUT2D eigenvalue weighted by Crippen LogP contribution is -2.36. The van der Waals surface area contributed by atoms with Crippen molar-refractivity contribution in [2.45, 2.75) is 40.5 Å². The van der Waals surface area contributed by atoms with Gasteiger partial charge in [-0.3, -0.25) is 0 Å². The molecule has 0 aromatic rings. The lowest BCUT2D eigenvalue weighted by Gasteiger charge is -2.28. The molecular formula is C9H27N3OS2. The summed E-state index contributed by atoms with van der Waals surface area (Å²) in [5.74, 6) is 4.95. The van der Waals surface area contributed by atoms with Crippen LogP contribution >= 0.6 is 25.7 Å². The highest BCUT2D eigenvalue weighted by Crippen LogP contribution is 2.10. The van der Waals surface area contributed by atoms with Crippen molar-refractivity contribution in [1.29, 1.82) is 0 Å². The predicted molar refractivity (Wildman–Crippen MR) is 74.5 cm³/mol. The molecule has 96 valence electrons. The molecule has 15 heavy (non-hydrogen) atoms. The second-order valence-corrected chi connectivity index (χ2v) is 3.46. The van der Waals surface area contributed by atoms with Crippen molar-refractivity contribution in [3.8, 4) is 0 Å². The number of hydrogen-bond donors (Lipinski definition) is 1. The summed E-state index contributed by atoms with van der Waals surface area (Å²) < 4.78 is 6.40. The molecule has 0 aliphatic carbocycles. The van der Waals surface area contributed by atoms with E-state index in [-0.39, 0.29) is 13.5 Å². The van der Waals surface area contributed by atoms with Crippen molar-refractivity contribution in [2.24, 2.45) is 5.90 Å². The average molecular weight is 257 g/mol. The number of hydrogen-bond acceptors (Lipinski definition) is 5. The van der Waals surface area contributed by atoms with Gasteiger partial charge in [0.05, 0.1) is 0 Å². The van der Waals surface area contributed by atoms with Crippen LogP contribution in [0.4, 0.5) is 0 Å². The van der Waals surface area contributed by atoms with Gasteiger partial charge in [-0.05, 0) is 12.8 Å². The molecule has 0 amide bonds. The van der Waals surface area contributed by atoms with E-state index in [0.29, 0.717) is 0 Å².